The lowest BCUT2D eigenvalue weighted by Crippen LogP contribution is -2.15. The van der Waals surface area contributed by atoms with Gasteiger partial charge in [-0.3, -0.25) is 9.79 Å². The smallest absolute Gasteiger partial charge is 0.191 e. The van der Waals surface area contributed by atoms with Gasteiger partial charge in [0.15, 0.2) is 5.78 Å². The molecule has 122 valence electrons. The van der Waals surface area contributed by atoms with Crippen molar-refractivity contribution in [2.24, 2.45) is 4.99 Å². The van der Waals surface area contributed by atoms with E-state index in [1.54, 1.807) is 6.21 Å². The lowest BCUT2D eigenvalue weighted by atomic mass is 10.1. The van der Waals surface area contributed by atoms with Gasteiger partial charge in [-0.25, -0.2) is 0 Å². The number of hydrogen-bond acceptors (Lipinski definition) is 3. The Labute approximate surface area is 141 Å². The number of aromatic amines is 1. The summed E-state index contributed by atoms with van der Waals surface area (Å²) in [5, 5.41) is 1.10. The maximum absolute atomic E-state index is 12.0. The molecule has 0 atom stereocenters. The van der Waals surface area contributed by atoms with Gasteiger partial charge in [0.05, 0.1) is 0 Å². The van der Waals surface area contributed by atoms with Crippen molar-refractivity contribution in [3.05, 3.63) is 65.4 Å². The first-order valence-corrected chi connectivity index (χ1v) is 7.92. The van der Waals surface area contributed by atoms with E-state index in [0.29, 0.717) is 0 Å². The zero-order valence-corrected chi connectivity index (χ0v) is 13.9. The Morgan fingerprint density at radius 2 is 1.88 bits per heavy atom. The molecule has 0 saturated carbocycles. The van der Waals surface area contributed by atoms with Crippen LogP contribution < -0.4 is 4.74 Å². The Bertz CT molecular complexity index is 873. The second-order valence-electron chi connectivity index (χ2n) is 5.80. The fourth-order valence-electron chi connectivity index (χ4n) is 2.69. The normalized spacial score (nSPS) is 11.2. The second-order valence-corrected chi connectivity index (χ2v) is 5.80. The van der Waals surface area contributed by atoms with Crippen LogP contribution in [0.2, 0.25) is 0 Å². The molecule has 0 amide bonds. The molecule has 4 heteroatoms. The minimum absolute atomic E-state index is 0.0391. The molecule has 0 spiro atoms. The van der Waals surface area contributed by atoms with Gasteiger partial charge in [0, 0.05) is 28.9 Å². The van der Waals surface area contributed by atoms with E-state index < -0.39 is 0 Å². The minimum Gasteiger partial charge on any atom is -0.485 e. The number of nitrogens with zero attached hydrogens (tertiary/aromatic N) is 1. The first kappa shape index (κ1) is 16.0. The van der Waals surface area contributed by atoms with Crippen molar-refractivity contribution in [3.8, 4) is 5.75 Å². The molecule has 1 heterocycles. The average molecular weight is 320 g/mol. The number of hydrogen-bond donors (Lipinski definition) is 1. The van der Waals surface area contributed by atoms with Gasteiger partial charge in [-0.15, -0.1) is 0 Å². The number of Topliss-reactive ketones (excluding diaryl/α,β-unsaturated/α-hetero) is 1. The number of ether oxygens (including phenoxy) is 1. The van der Waals surface area contributed by atoms with Crippen molar-refractivity contribution < 1.29 is 9.53 Å². The average Bonchev–Trinajstić information content (AvgIpc) is 3.04. The highest BCUT2D eigenvalue weighted by Gasteiger charge is 2.07. The monoisotopic (exact) mass is 320 g/mol. The molecule has 4 nitrogen and oxygen atoms in total. The van der Waals surface area contributed by atoms with Crippen molar-refractivity contribution in [1.82, 2.24) is 4.98 Å². The Balaban J connectivity index is 1.59. The Morgan fingerprint density at radius 1 is 1.12 bits per heavy atom. The van der Waals surface area contributed by atoms with Gasteiger partial charge in [0.2, 0.25) is 0 Å². The number of aliphatic imine (C=N–C) groups is 1. The summed E-state index contributed by atoms with van der Waals surface area (Å²) < 4.78 is 5.66. The summed E-state index contributed by atoms with van der Waals surface area (Å²) in [6.45, 7) is 4.11. The van der Waals surface area contributed by atoms with Crippen LogP contribution in [0.5, 0.6) is 5.75 Å². The predicted molar refractivity (Wildman–Crippen MR) is 97.2 cm³/mol. The molecule has 1 N–H and O–H groups in total. The van der Waals surface area contributed by atoms with Gasteiger partial charge in [0.25, 0.3) is 0 Å². The molecular formula is C20H20N2O2. The van der Waals surface area contributed by atoms with Gasteiger partial charge < -0.3 is 9.72 Å². The fraction of sp³-hybridized carbons (Fsp3) is 0.200. The molecule has 0 aliphatic carbocycles. The first-order valence-electron chi connectivity index (χ1n) is 7.92. The van der Waals surface area contributed by atoms with Crippen molar-refractivity contribution in [2.75, 3.05) is 13.2 Å². The zero-order valence-electron chi connectivity index (χ0n) is 13.9. The lowest BCUT2D eigenvalue weighted by Gasteiger charge is -2.10. The van der Waals surface area contributed by atoms with E-state index in [1.165, 1.54) is 0 Å². The number of nitrogens with one attached hydrogen (secondary N) is 1. The first-order chi connectivity index (χ1) is 11.6. The molecular weight excluding hydrogens is 300 g/mol. The fourth-order valence-corrected chi connectivity index (χ4v) is 2.69. The van der Waals surface area contributed by atoms with Crippen LogP contribution in [0, 0.1) is 13.8 Å². The third kappa shape index (κ3) is 3.54. The Morgan fingerprint density at radius 3 is 2.67 bits per heavy atom. The van der Waals surface area contributed by atoms with E-state index in [1.807, 2.05) is 62.5 Å². The van der Waals surface area contributed by atoms with Crippen molar-refractivity contribution in [1.29, 1.82) is 0 Å². The molecule has 0 fully saturated rings. The van der Waals surface area contributed by atoms with Crippen LogP contribution in [0.4, 0.5) is 0 Å². The van der Waals surface area contributed by atoms with Gasteiger partial charge in [-0.1, -0.05) is 30.3 Å². The van der Waals surface area contributed by atoms with E-state index >= 15 is 0 Å². The van der Waals surface area contributed by atoms with Crippen LogP contribution in [0.1, 0.15) is 16.7 Å². The molecule has 0 aliphatic rings. The van der Waals surface area contributed by atoms with E-state index in [0.717, 1.165) is 33.3 Å². The van der Waals surface area contributed by atoms with Gasteiger partial charge >= 0.3 is 0 Å². The molecule has 1 aromatic heterocycles. The summed E-state index contributed by atoms with van der Waals surface area (Å²) in [7, 11) is 0. The SMILES string of the molecule is Cc1cccc(C)c1OCC(=O)CN=Cc1cccc2[nH]ccc12. The molecule has 0 radical (unpaired) electrons. The number of para-hydroxylation sites is 1. The number of ketones is 1. The summed E-state index contributed by atoms with van der Waals surface area (Å²) in [5.41, 5.74) is 4.12. The second kappa shape index (κ2) is 7.13. The van der Waals surface area contributed by atoms with E-state index in [9.17, 15) is 4.79 Å². The molecule has 2 aromatic carbocycles. The molecule has 3 aromatic rings. The van der Waals surface area contributed by atoms with Gasteiger partial charge in [-0.05, 0) is 37.1 Å². The maximum atomic E-state index is 12.0. The Kier molecular flexibility index (Phi) is 4.75. The van der Waals surface area contributed by atoms with Crippen LogP contribution in [0.3, 0.4) is 0 Å². The van der Waals surface area contributed by atoms with E-state index in [-0.39, 0.29) is 18.9 Å². The summed E-state index contributed by atoms with van der Waals surface area (Å²) in [5.74, 6) is 0.738. The maximum Gasteiger partial charge on any atom is 0.191 e. The van der Waals surface area contributed by atoms with E-state index in [4.69, 9.17) is 4.74 Å². The third-order valence-corrected chi connectivity index (χ3v) is 3.91. The van der Waals surface area contributed by atoms with Crippen molar-refractivity contribution in [2.45, 2.75) is 13.8 Å². The van der Waals surface area contributed by atoms with E-state index in [2.05, 4.69) is 9.98 Å². The number of carbonyl (C=O) groups excluding carboxylic acids is 1. The number of benzene rings is 2. The highest BCUT2D eigenvalue weighted by molar-refractivity contribution is 5.99. The number of aromatic nitrogens is 1. The van der Waals surface area contributed by atoms with Gasteiger partial charge in [-0.2, -0.15) is 0 Å². The van der Waals surface area contributed by atoms with Crippen LogP contribution >= 0.6 is 0 Å². The number of aryl methyl sites for hydroxylation is 2. The third-order valence-electron chi connectivity index (χ3n) is 3.91. The minimum atomic E-state index is -0.0462. The largest absolute Gasteiger partial charge is 0.485 e. The summed E-state index contributed by atoms with van der Waals surface area (Å²) in [4.78, 5) is 19.4. The van der Waals surface area contributed by atoms with Crippen LogP contribution in [-0.4, -0.2) is 30.1 Å². The summed E-state index contributed by atoms with van der Waals surface area (Å²) >= 11 is 0. The number of carbonyl (C=O) groups is 1. The molecule has 0 saturated heterocycles. The van der Waals surface area contributed by atoms with Crippen LogP contribution in [0.15, 0.2) is 53.7 Å². The number of fused-ring (bicyclic) bond motifs is 1. The molecule has 3 rings (SSSR count). The molecule has 0 bridgehead atoms. The Hall–Kier alpha value is -2.88. The highest BCUT2D eigenvalue weighted by Crippen LogP contribution is 2.22. The van der Waals surface area contributed by atoms with Crippen molar-refractivity contribution in [3.63, 3.8) is 0 Å². The molecule has 24 heavy (non-hydrogen) atoms. The zero-order chi connectivity index (χ0) is 16.9. The van der Waals surface area contributed by atoms with Gasteiger partial charge in [0.1, 0.15) is 18.9 Å². The number of rotatable bonds is 6. The lowest BCUT2D eigenvalue weighted by molar-refractivity contribution is -0.119. The van der Waals surface area contributed by atoms with Crippen LogP contribution in [-0.2, 0) is 4.79 Å². The summed E-state index contributed by atoms with van der Waals surface area (Å²) in [6.07, 6.45) is 3.64. The van der Waals surface area contributed by atoms with Crippen LogP contribution in [0.25, 0.3) is 10.9 Å². The highest BCUT2D eigenvalue weighted by atomic mass is 16.5. The topological polar surface area (TPSA) is 54.4 Å². The molecule has 0 aliphatic heterocycles. The number of H-pyrrole nitrogens is 1. The summed E-state index contributed by atoms with van der Waals surface area (Å²) in [6, 6.07) is 13.9. The quantitative estimate of drug-likeness (QED) is 0.701. The van der Waals surface area contributed by atoms with Crippen molar-refractivity contribution >= 4 is 22.9 Å². The predicted octanol–water partition coefficient (Wildman–Crippen LogP) is 3.85. The standard InChI is InChI=1S/C20H20N2O2/c1-14-5-3-6-15(2)20(14)24-13-17(23)12-21-11-16-7-4-8-19-18(16)9-10-22-19/h3-11,22H,12-13H2,1-2H3. The molecule has 0 unspecified atom stereocenters.